The van der Waals surface area contributed by atoms with Crippen LogP contribution in [0.5, 0.6) is 5.75 Å². The van der Waals surface area contributed by atoms with Crippen LogP contribution in [0.1, 0.15) is 5.69 Å². The average Bonchev–Trinajstić information content (AvgIpc) is 2.92. The minimum atomic E-state index is -0.0990. The fraction of sp³-hybridized carbons (Fsp3) is 0.133. The van der Waals surface area contributed by atoms with E-state index in [4.69, 9.17) is 33.0 Å². The highest BCUT2D eigenvalue weighted by Crippen LogP contribution is 2.40. The van der Waals surface area contributed by atoms with Gasteiger partial charge in [0.05, 0.1) is 29.5 Å². The van der Waals surface area contributed by atoms with Crippen LogP contribution in [0, 0.1) is 0 Å². The maximum atomic E-state index is 9.15. The van der Waals surface area contributed by atoms with Crippen LogP contribution in [-0.2, 0) is 6.61 Å². The van der Waals surface area contributed by atoms with E-state index >= 15 is 0 Å². The van der Waals surface area contributed by atoms with Crippen LogP contribution < -0.4 is 4.74 Å². The lowest BCUT2D eigenvalue weighted by Gasteiger charge is -2.12. The van der Waals surface area contributed by atoms with Crippen molar-refractivity contribution < 1.29 is 9.84 Å². The molecule has 2 heterocycles. The summed E-state index contributed by atoms with van der Waals surface area (Å²) >= 11 is 12.4. The van der Waals surface area contributed by atoms with Gasteiger partial charge in [-0.05, 0) is 29.8 Å². The van der Waals surface area contributed by atoms with Crippen LogP contribution >= 0.6 is 23.2 Å². The molecule has 0 aliphatic heterocycles. The van der Waals surface area contributed by atoms with E-state index in [9.17, 15) is 0 Å². The van der Waals surface area contributed by atoms with Crippen LogP contribution in [0.3, 0.4) is 0 Å². The molecule has 0 amide bonds. The lowest BCUT2D eigenvalue weighted by molar-refractivity contribution is 0.277. The van der Waals surface area contributed by atoms with E-state index < -0.39 is 0 Å². The van der Waals surface area contributed by atoms with Crippen molar-refractivity contribution in [2.45, 2.75) is 6.61 Å². The summed E-state index contributed by atoms with van der Waals surface area (Å²) in [6, 6.07) is 7.25. The second-order valence-corrected chi connectivity index (χ2v) is 5.30. The highest BCUT2D eigenvalue weighted by Gasteiger charge is 2.14. The van der Waals surface area contributed by atoms with Crippen molar-refractivity contribution in [2.75, 3.05) is 7.11 Å². The van der Waals surface area contributed by atoms with Crippen molar-refractivity contribution in [2.24, 2.45) is 0 Å². The molecule has 0 saturated carbocycles. The van der Waals surface area contributed by atoms with Gasteiger partial charge in [0.2, 0.25) is 0 Å². The number of hydrogen-bond donors (Lipinski definition) is 1. The molecule has 2 aromatic heterocycles. The van der Waals surface area contributed by atoms with E-state index in [2.05, 4.69) is 4.98 Å². The monoisotopic (exact) mass is 322 g/mol. The molecule has 1 aromatic carbocycles. The summed E-state index contributed by atoms with van der Waals surface area (Å²) < 4.78 is 7.20. The second-order valence-electron chi connectivity index (χ2n) is 4.51. The third-order valence-electron chi connectivity index (χ3n) is 3.24. The van der Waals surface area contributed by atoms with Crippen LogP contribution in [0.4, 0.5) is 0 Å². The average molecular weight is 323 g/mol. The van der Waals surface area contributed by atoms with Crippen molar-refractivity contribution in [3.8, 4) is 16.9 Å². The Bertz CT molecular complexity index is 815. The number of pyridine rings is 1. The smallest absolute Gasteiger partial charge is 0.137 e. The topological polar surface area (TPSA) is 46.8 Å². The van der Waals surface area contributed by atoms with E-state index in [1.165, 1.54) is 0 Å². The first kappa shape index (κ1) is 14.2. The molecule has 0 saturated heterocycles. The maximum absolute atomic E-state index is 9.15. The van der Waals surface area contributed by atoms with Gasteiger partial charge in [-0.15, -0.1) is 0 Å². The van der Waals surface area contributed by atoms with Gasteiger partial charge in [-0.25, -0.2) is 4.98 Å². The Morgan fingerprint density at radius 3 is 2.81 bits per heavy atom. The number of aliphatic hydroxyl groups excluding tert-OH is 1. The Morgan fingerprint density at radius 1 is 1.29 bits per heavy atom. The van der Waals surface area contributed by atoms with E-state index in [1.54, 1.807) is 25.4 Å². The molecule has 6 heteroatoms. The van der Waals surface area contributed by atoms with Gasteiger partial charge in [-0.3, -0.25) is 0 Å². The Balaban J connectivity index is 2.22. The lowest BCUT2D eigenvalue weighted by atomic mass is 10.1. The van der Waals surface area contributed by atoms with Crippen molar-refractivity contribution in [1.29, 1.82) is 0 Å². The summed E-state index contributed by atoms with van der Waals surface area (Å²) in [5.74, 6) is 0.641. The first-order valence-electron chi connectivity index (χ1n) is 6.25. The van der Waals surface area contributed by atoms with Gasteiger partial charge in [-0.2, -0.15) is 0 Å². The standard InChI is InChI=1S/C15H12Cl2N2O2/c1-21-12-3-2-11(16)15(17)14(12)9-4-5-19-7-10(8-20)18-13(19)6-9/h2-7,20H,8H2,1H3. The van der Waals surface area contributed by atoms with Gasteiger partial charge in [0, 0.05) is 18.0 Å². The molecular formula is C15H12Cl2N2O2. The fourth-order valence-electron chi connectivity index (χ4n) is 2.24. The number of ether oxygens (including phenoxy) is 1. The van der Waals surface area contributed by atoms with Gasteiger partial charge >= 0.3 is 0 Å². The SMILES string of the molecule is COc1ccc(Cl)c(Cl)c1-c1ccn2cc(CO)nc2c1. The molecule has 0 aliphatic carbocycles. The molecule has 108 valence electrons. The highest BCUT2D eigenvalue weighted by molar-refractivity contribution is 6.44. The minimum Gasteiger partial charge on any atom is -0.496 e. The first-order valence-corrected chi connectivity index (χ1v) is 7.00. The maximum Gasteiger partial charge on any atom is 0.137 e. The molecule has 0 aliphatic rings. The highest BCUT2D eigenvalue weighted by atomic mass is 35.5. The van der Waals surface area contributed by atoms with Crippen molar-refractivity contribution in [1.82, 2.24) is 9.38 Å². The summed E-state index contributed by atoms with van der Waals surface area (Å²) in [5.41, 5.74) is 2.90. The Kier molecular flexibility index (Phi) is 3.76. The molecule has 0 radical (unpaired) electrons. The largest absolute Gasteiger partial charge is 0.496 e. The number of fused-ring (bicyclic) bond motifs is 1. The predicted molar refractivity (Wildman–Crippen MR) is 83.1 cm³/mol. The van der Waals surface area contributed by atoms with E-state index in [1.807, 2.05) is 22.7 Å². The minimum absolute atomic E-state index is 0.0990. The second kappa shape index (κ2) is 5.56. The van der Waals surface area contributed by atoms with Gasteiger partial charge in [0.15, 0.2) is 0 Å². The lowest BCUT2D eigenvalue weighted by Crippen LogP contribution is -1.91. The van der Waals surface area contributed by atoms with Crippen LogP contribution in [0.15, 0.2) is 36.7 Å². The molecule has 1 N–H and O–H groups in total. The molecule has 4 nitrogen and oxygen atoms in total. The predicted octanol–water partition coefficient (Wildman–Crippen LogP) is 3.81. The van der Waals surface area contributed by atoms with Crippen molar-refractivity contribution >= 4 is 28.8 Å². The summed E-state index contributed by atoms with van der Waals surface area (Å²) in [6.45, 7) is -0.0990. The normalized spacial score (nSPS) is 11.0. The third-order valence-corrected chi connectivity index (χ3v) is 4.04. The van der Waals surface area contributed by atoms with Crippen molar-refractivity contribution in [3.05, 3.63) is 52.4 Å². The van der Waals surface area contributed by atoms with E-state index in [0.717, 1.165) is 16.8 Å². The van der Waals surface area contributed by atoms with Crippen LogP contribution in [0.2, 0.25) is 10.0 Å². The fourth-order valence-corrected chi connectivity index (χ4v) is 2.66. The molecule has 0 spiro atoms. The van der Waals surface area contributed by atoms with Gasteiger partial charge < -0.3 is 14.2 Å². The summed E-state index contributed by atoms with van der Waals surface area (Å²) in [4.78, 5) is 4.32. The Morgan fingerprint density at radius 2 is 2.10 bits per heavy atom. The Hall–Kier alpha value is -1.75. The molecule has 21 heavy (non-hydrogen) atoms. The molecule has 3 rings (SSSR count). The number of aromatic nitrogens is 2. The number of aliphatic hydroxyl groups is 1. The number of nitrogens with zero attached hydrogens (tertiary/aromatic N) is 2. The van der Waals surface area contributed by atoms with Crippen molar-refractivity contribution in [3.63, 3.8) is 0 Å². The molecule has 0 unspecified atom stereocenters. The van der Waals surface area contributed by atoms with E-state index in [-0.39, 0.29) is 6.61 Å². The van der Waals surface area contributed by atoms with E-state index in [0.29, 0.717) is 21.5 Å². The zero-order valence-corrected chi connectivity index (χ0v) is 12.7. The zero-order chi connectivity index (χ0) is 15.0. The van der Waals surface area contributed by atoms with Crippen LogP contribution in [-0.4, -0.2) is 21.6 Å². The molecule has 0 atom stereocenters. The summed E-state index contributed by atoms with van der Waals surface area (Å²) in [6.07, 6.45) is 3.63. The van der Waals surface area contributed by atoms with Gasteiger partial charge in [0.25, 0.3) is 0 Å². The summed E-state index contributed by atoms with van der Waals surface area (Å²) in [5, 5.41) is 10.1. The molecular weight excluding hydrogens is 311 g/mol. The first-order chi connectivity index (χ1) is 10.1. The molecule has 0 bridgehead atoms. The van der Waals surface area contributed by atoms with Crippen LogP contribution in [0.25, 0.3) is 16.8 Å². The molecule has 0 fully saturated rings. The summed E-state index contributed by atoms with van der Waals surface area (Å²) in [7, 11) is 1.58. The zero-order valence-electron chi connectivity index (χ0n) is 11.2. The number of rotatable bonds is 3. The Labute approximate surface area is 131 Å². The number of benzene rings is 1. The number of imidazole rings is 1. The number of methoxy groups -OCH3 is 1. The molecule has 3 aromatic rings. The van der Waals surface area contributed by atoms with Gasteiger partial charge in [0.1, 0.15) is 11.4 Å². The third kappa shape index (κ3) is 2.46. The quantitative estimate of drug-likeness (QED) is 0.797. The van der Waals surface area contributed by atoms with Gasteiger partial charge in [-0.1, -0.05) is 23.2 Å². The number of hydrogen-bond acceptors (Lipinski definition) is 3. The number of halogens is 2.